The maximum absolute atomic E-state index is 12.3. The fourth-order valence-electron chi connectivity index (χ4n) is 5.04. The highest BCUT2D eigenvalue weighted by Crippen LogP contribution is 2.48. The quantitative estimate of drug-likeness (QED) is 0.297. The van der Waals surface area contributed by atoms with Crippen molar-refractivity contribution in [2.75, 3.05) is 18.6 Å². The number of hydrogen-bond acceptors (Lipinski definition) is 4. The average Bonchev–Trinajstić information content (AvgIpc) is 3.22. The summed E-state index contributed by atoms with van der Waals surface area (Å²) in [5.74, 6) is 3.27. The molecule has 2 rings (SSSR count). The Morgan fingerprint density at radius 1 is 1.38 bits per heavy atom. The normalized spacial score (nSPS) is 27.4. The fourth-order valence-corrected chi connectivity index (χ4v) is 5.96. The van der Waals surface area contributed by atoms with Crippen LogP contribution in [0.15, 0.2) is 23.8 Å². The summed E-state index contributed by atoms with van der Waals surface area (Å²) in [5, 5.41) is 21.0. The highest BCUT2D eigenvalue weighted by molar-refractivity contribution is 7.99. The molecular weight excluding hydrogens is 418 g/mol. The fraction of sp³-hybridized carbons (Fsp3) is 0.815. The van der Waals surface area contributed by atoms with Gasteiger partial charge in [0.2, 0.25) is 5.91 Å². The average molecular weight is 466 g/mol. The topological polar surface area (TPSA) is 60.8 Å². The summed E-state index contributed by atoms with van der Waals surface area (Å²) in [6, 6.07) is 0. The maximum atomic E-state index is 12.3. The lowest BCUT2D eigenvalue weighted by atomic mass is 9.88. The molecule has 2 N–H and O–H groups in total. The van der Waals surface area contributed by atoms with Crippen molar-refractivity contribution in [3.05, 3.63) is 23.8 Å². The van der Waals surface area contributed by atoms with E-state index < -0.39 is 6.10 Å². The second-order valence-electron chi connectivity index (χ2n) is 11.1. The van der Waals surface area contributed by atoms with Gasteiger partial charge in [0.05, 0.1) is 18.0 Å². The number of rotatable bonds is 12. The Morgan fingerprint density at radius 3 is 2.75 bits per heavy atom. The summed E-state index contributed by atoms with van der Waals surface area (Å²) < 4.78 is 0. The zero-order valence-corrected chi connectivity index (χ0v) is 22.0. The number of carbonyl (C=O) groups excluding carboxylic acids is 1. The molecule has 6 atom stereocenters. The number of amides is 1. The molecule has 184 valence electrons. The van der Waals surface area contributed by atoms with E-state index in [-0.39, 0.29) is 23.5 Å². The van der Waals surface area contributed by atoms with Crippen LogP contribution in [0.3, 0.4) is 0 Å². The van der Waals surface area contributed by atoms with Gasteiger partial charge in [0.1, 0.15) is 0 Å². The van der Waals surface area contributed by atoms with Gasteiger partial charge in [0, 0.05) is 18.5 Å². The van der Waals surface area contributed by atoms with Gasteiger partial charge in [0.15, 0.2) is 0 Å². The second kappa shape index (κ2) is 12.6. The van der Waals surface area contributed by atoms with Crippen LogP contribution in [-0.2, 0) is 4.79 Å². The van der Waals surface area contributed by atoms with Gasteiger partial charge in [0.25, 0.3) is 0 Å². The van der Waals surface area contributed by atoms with Crippen LogP contribution in [0.1, 0.15) is 79.6 Å². The molecule has 1 amide bonds. The summed E-state index contributed by atoms with van der Waals surface area (Å²) in [5.41, 5.74) is 1.34. The van der Waals surface area contributed by atoms with Gasteiger partial charge in [-0.15, -0.1) is 0 Å². The second-order valence-corrected chi connectivity index (χ2v) is 12.2. The molecular formula is C27H47NO3S. The number of aliphatic hydroxyl groups excluding tert-OH is 2. The largest absolute Gasteiger partial charge is 0.392 e. The van der Waals surface area contributed by atoms with Gasteiger partial charge in [-0.1, -0.05) is 56.9 Å². The molecule has 0 aromatic rings. The minimum Gasteiger partial charge on any atom is -0.392 e. The van der Waals surface area contributed by atoms with Crippen LogP contribution in [0.25, 0.3) is 0 Å². The van der Waals surface area contributed by atoms with Crippen molar-refractivity contribution in [1.82, 2.24) is 4.90 Å². The van der Waals surface area contributed by atoms with Gasteiger partial charge in [-0.05, 0) is 70.0 Å². The Hall–Kier alpha value is -0.780. The van der Waals surface area contributed by atoms with Crippen LogP contribution in [0.5, 0.6) is 0 Å². The molecule has 0 aromatic carbocycles. The molecule has 0 saturated heterocycles. The summed E-state index contributed by atoms with van der Waals surface area (Å²) in [6.45, 7) is 10.6. The summed E-state index contributed by atoms with van der Waals surface area (Å²) in [6.07, 6.45) is 13.0. The number of aliphatic hydroxyl groups is 2. The standard InChI is InChI=1S/C27H47NO3S/c1-7-8-9-19(2)14-22(29)10-11-23-24-16-20(15-21(24)17-25(23)30)12-13-32-18-26(31)28(6)27(3,4)5/h10-11,15,19,21-25,29-30H,7-9,12-14,16-18H2,1-6H3/b11-10+/t19-,21-,22+,23+,24-,25+/m0/s1. The summed E-state index contributed by atoms with van der Waals surface area (Å²) >= 11 is 1.72. The number of unbranched alkanes of at least 4 members (excludes halogenated alkanes) is 1. The molecule has 1 saturated carbocycles. The van der Waals surface area contributed by atoms with E-state index in [1.807, 2.05) is 18.0 Å². The van der Waals surface area contributed by atoms with Crippen LogP contribution in [-0.4, -0.2) is 57.3 Å². The minimum atomic E-state index is -0.415. The Kier molecular flexibility index (Phi) is 10.8. The molecule has 0 spiro atoms. The first-order valence-corrected chi connectivity index (χ1v) is 13.8. The van der Waals surface area contributed by atoms with Crippen LogP contribution in [0.2, 0.25) is 0 Å². The van der Waals surface area contributed by atoms with E-state index in [1.54, 1.807) is 11.8 Å². The van der Waals surface area contributed by atoms with E-state index in [2.05, 4.69) is 46.8 Å². The molecule has 0 aliphatic heterocycles. The third-order valence-corrected chi connectivity index (χ3v) is 8.32. The predicted octanol–water partition coefficient (Wildman–Crippen LogP) is 5.44. The van der Waals surface area contributed by atoms with E-state index in [4.69, 9.17) is 0 Å². The molecule has 0 radical (unpaired) electrons. The van der Waals surface area contributed by atoms with E-state index >= 15 is 0 Å². The Morgan fingerprint density at radius 2 is 2.09 bits per heavy atom. The third kappa shape index (κ3) is 8.22. The van der Waals surface area contributed by atoms with E-state index in [9.17, 15) is 15.0 Å². The molecule has 0 aromatic heterocycles. The Bertz CT molecular complexity index is 654. The van der Waals surface area contributed by atoms with Crippen molar-refractivity contribution in [3.63, 3.8) is 0 Å². The predicted molar refractivity (Wildman–Crippen MR) is 137 cm³/mol. The zero-order chi connectivity index (χ0) is 23.9. The third-order valence-electron chi connectivity index (χ3n) is 7.37. The van der Waals surface area contributed by atoms with Gasteiger partial charge in [-0.3, -0.25) is 4.79 Å². The van der Waals surface area contributed by atoms with Crippen LogP contribution in [0.4, 0.5) is 0 Å². The lowest BCUT2D eigenvalue weighted by Crippen LogP contribution is -2.43. The molecule has 2 aliphatic rings. The molecule has 2 aliphatic carbocycles. The first kappa shape index (κ1) is 27.5. The summed E-state index contributed by atoms with van der Waals surface area (Å²) in [7, 11) is 1.88. The monoisotopic (exact) mass is 465 g/mol. The van der Waals surface area contributed by atoms with Crippen LogP contribution >= 0.6 is 11.8 Å². The molecule has 0 bridgehead atoms. The number of fused-ring (bicyclic) bond motifs is 1. The first-order chi connectivity index (χ1) is 15.0. The smallest absolute Gasteiger partial charge is 0.232 e. The van der Waals surface area contributed by atoms with E-state index in [1.165, 1.54) is 24.8 Å². The minimum absolute atomic E-state index is 0.131. The van der Waals surface area contributed by atoms with Crippen LogP contribution in [0, 0.1) is 23.7 Å². The van der Waals surface area contributed by atoms with E-state index in [0.29, 0.717) is 23.5 Å². The van der Waals surface area contributed by atoms with Gasteiger partial charge < -0.3 is 15.1 Å². The number of thioether (sulfide) groups is 1. The van der Waals surface area contributed by atoms with Crippen molar-refractivity contribution in [1.29, 1.82) is 0 Å². The first-order valence-electron chi connectivity index (χ1n) is 12.6. The summed E-state index contributed by atoms with van der Waals surface area (Å²) in [4.78, 5) is 14.1. The highest BCUT2D eigenvalue weighted by Gasteiger charge is 2.43. The molecule has 0 heterocycles. The van der Waals surface area contributed by atoms with Crippen LogP contribution < -0.4 is 0 Å². The van der Waals surface area contributed by atoms with Crippen molar-refractivity contribution >= 4 is 17.7 Å². The lowest BCUT2D eigenvalue weighted by molar-refractivity contribution is -0.131. The lowest BCUT2D eigenvalue weighted by Gasteiger charge is -2.32. The maximum Gasteiger partial charge on any atom is 0.232 e. The molecule has 32 heavy (non-hydrogen) atoms. The van der Waals surface area contributed by atoms with Gasteiger partial charge in [-0.25, -0.2) is 0 Å². The van der Waals surface area contributed by atoms with Gasteiger partial charge >= 0.3 is 0 Å². The number of nitrogens with zero attached hydrogens (tertiary/aromatic N) is 1. The van der Waals surface area contributed by atoms with Crippen molar-refractivity contribution in [2.45, 2.75) is 97.3 Å². The van der Waals surface area contributed by atoms with Gasteiger partial charge in [-0.2, -0.15) is 11.8 Å². The number of allylic oxidation sites excluding steroid dienone is 2. The highest BCUT2D eigenvalue weighted by atomic mass is 32.2. The Balaban J connectivity index is 1.76. The number of hydrogen-bond donors (Lipinski definition) is 2. The van der Waals surface area contributed by atoms with Crippen molar-refractivity contribution in [2.24, 2.45) is 23.7 Å². The molecule has 0 unspecified atom stereocenters. The SMILES string of the molecule is CCCC[C@H](C)C[C@H](O)/C=C/[C@@H]1[C@H]2CC(CCSCC(=O)N(C)C(C)(C)C)=C[C@H]2C[C@H]1O. The van der Waals surface area contributed by atoms with Crippen molar-refractivity contribution < 1.29 is 15.0 Å². The van der Waals surface area contributed by atoms with E-state index in [0.717, 1.165) is 31.4 Å². The molecule has 4 nitrogen and oxygen atoms in total. The molecule has 5 heteroatoms. The van der Waals surface area contributed by atoms with Crippen molar-refractivity contribution in [3.8, 4) is 0 Å². The number of carbonyl (C=O) groups is 1. The zero-order valence-electron chi connectivity index (χ0n) is 21.2. The molecule has 1 fully saturated rings. The Labute approximate surface area is 200 Å².